The highest BCUT2D eigenvalue weighted by Gasteiger charge is 2.55. The number of aromatic nitrogens is 3. The number of benzene rings is 22. The molecule has 0 radical (unpaired) electrons. The Morgan fingerprint density at radius 1 is 0.236 bits per heavy atom. The molecule has 3 aliphatic carbocycles. The molecular formula is C136H76N6O2. The topological polar surface area (TPSA) is 93.0 Å². The van der Waals surface area contributed by atoms with Gasteiger partial charge in [-0.05, 0) is 287 Å². The zero-order valence-electron chi connectivity index (χ0n) is 77.4. The maximum atomic E-state index is 9.87. The molecule has 8 nitrogen and oxygen atoms in total. The van der Waals surface area contributed by atoms with Gasteiger partial charge >= 0.3 is 0 Å². The Bertz CT molecular complexity index is 10600. The predicted octanol–water partition coefficient (Wildman–Crippen LogP) is 34.3. The van der Waals surface area contributed by atoms with E-state index in [1.165, 1.54) is 183 Å². The van der Waals surface area contributed by atoms with Crippen LogP contribution in [0, 0.1) is 29.2 Å². The van der Waals surface area contributed by atoms with Gasteiger partial charge in [-0.3, -0.25) is 4.57 Å². The molecular weight excluding hydrogens is 1750 g/mol. The first-order valence-electron chi connectivity index (χ1n) is 49.1. The summed E-state index contributed by atoms with van der Waals surface area (Å²) in [5.74, 6) is 0. The summed E-state index contributed by atoms with van der Waals surface area (Å²) in [6.45, 7) is 7.44. The molecule has 8 heterocycles. The summed E-state index contributed by atoms with van der Waals surface area (Å²) in [6.07, 6.45) is 0. The lowest BCUT2D eigenvalue weighted by molar-refractivity contribution is 0.639. The molecule has 3 spiro atoms. The van der Waals surface area contributed by atoms with Crippen LogP contribution < -0.4 is 0 Å². The number of nitrogens with zero attached hydrogens (tertiary/aromatic N) is 6. The van der Waals surface area contributed by atoms with E-state index in [9.17, 15) is 10.5 Å². The van der Waals surface area contributed by atoms with Gasteiger partial charge in [-0.25, -0.2) is 4.85 Å². The second-order valence-corrected chi connectivity index (χ2v) is 39.0. The largest absolute Gasteiger partial charge is 0.454 e. The molecule has 0 amide bonds. The van der Waals surface area contributed by atoms with Gasteiger partial charge in [-0.15, -0.1) is 0 Å². The molecule has 0 saturated carbocycles. The summed E-state index contributed by atoms with van der Waals surface area (Å²) >= 11 is 0. The normalized spacial score (nSPS) is 15.6. The number of rotatable bonds is 4. The fourth-order valence-electron chi connectivity index (χ4n) is 26.7. The second kappa shape index (κ2) is 29.6. The fraction of sp³-hybridized carbons (Fsp3) is 0.0221. The number of hydrogen-bond acceptors (Lipinski definition) is 4. The lowest BCUT2D eigenvalue weighted by atomic mass is 9.65. The number of nitriles is 2. The molecule has 8 heteroatoms. The summed E-state index contributed by atoms with van der Waals surface area (Å²) in [5, 5.41) is 34.3. The van der Waals surface area contributed by atoms with Gasteiger partial charge in [0.2, 0.25) is 5.71 Å². The average molecular weight is 1830 g/mol. The number of para-hydroxylation sites is 8. The van der Waals surface area contributed by atoms with Gasteiger partial charge in [0.25, 0.3) is 0 Å². The fourth-order valence-corrected chi connectivity index (χ4v) is 26.7. The minimum atomic E-state index is -0.540. The van der Waals surface area contributed by atoms with Gasteiger partial charge in [-0.2, -0.15) is 10.5 Å². The summed E-state index contributed by atoms with van der Waals surface area (Å²) in [5.41, 5.74) is 46.2. The maximum absolute atomic E-state index is 9.87. The molecule has 3 atom stereocenters. The molecule has 6 aliphatic rings. The summed E-state index contributed by atoms with van der Waals surface area (Å²) in [4.78, 5) is 3.64. The van der Waals surface area contributed by atoms with Gasteiger partial charge in [0.15, 0.2) is 11.3 Å². The van der Waals surface area contributed by atoms with Crippen molar-refractivity contribution in [3.63, 3.8) is 0 Å². The summed E-state index contributed by atoms with van der Waals surface area (Å²) in [6, 6.07) is 172. The van der Waals surface area contributed by atoms with Crippen LogP contribution >= 0.6 is 0 Å². The Balaban J connectivity index is 0.0000000992. The van der Waals surface area contributed by atoms with Crippen LogP contribution in [0.5, 0.6) is 0 Å². The first-order chi connectivity index (χ1) is 71.3. The van der Waals surface area contributed by atoms with Crippen molar-refractivity contribution < 1.29 is 8.83 Å². The second-order valence-electron chi connectivity index (χ2n) is 39.0. The van der Waals surface area contributed by atoms with E-state index in [4.69, 9.17) is 15.4 Å². The first-order valence-corrected chi connectivity index (χ1v) is 49.1. The van der Waals surface area contributed by atoms with E-state index >= 15 is 0 Å². The highest BCUT2D eigenvalue weighted by Crippen LogP contribution is 2.67. The zero-order valence-corrected chi connectivity index (χ0v) is 77.4. The van der Waals surface area contributed by atoms with Crippen molar-refractivity contribution in [3.05, 3.63) is 550 Å². The monoisotopic (exact) mass is 1820 g/mol. The molecule has 0 bridgehead atoms. The van der Waals surface area contributed by atoms with E-state index in [1.54, 1.807) is 0 Å². The molecule has 33 rings (SSSR count). The maximum Gasteiger partial charge on any atom is 0.213 e. The van der Waals surface area contributed by atoms with E-state index in [0.717, 1.165) is 99.0 Å². The molecule has 0 fully saturated rings. The van der Waals surface area contributed by atoms with Crippen molar-refractivity contribution in [3.8, 4) is 107 Å². The summed E-state index contributed by atoms with van der Waals surface area (Å²) in [7, 11) is 0. The van der Waals surface area contributed by atoms with Crippen LogP contribution in [-0.4, -0.2) is 13.7 Å². The smallest absolute Gasteiger partial charge is 0.213 e. The van der Waals surface area contributed by atoms with Gasteiger partial charge in [0.1, 0.15) is 16.7 Å². The van der Waals surface area contributed by atoms with Crippen LogP contribution in [0.25, 0.3) is 220 Å². The van der Waals surface area contributed by atoms with E-state index in [0.29, 0.717) is 16.8 Å². The SMILES string of the molecule is N#Cc1ccc(-c2ccc3c(c2)C2(c4ccccc4-3)c3ccccc3-n3c4c2cccc4c2oc4ccccc4c23)cc1.N#Cc1ccc(-c2ccc3c(c2)C2(c4ccccc4-3)c3ccccc3-n3c4oc5ccccc5c4c4cccc2c43)c2ccccc12.[C-]#[N+]c1ccc2cc3cc(-c4ccc5c(c4)-c4ccccc4C54c5ccccc5-n5c6ccc(-c7ccccc7)cc6c6cccc4c65)ccc3cc2c1. The Morgan fingerprint density at radius 3 is 1.33 bits per heavy atom. The minimum absolute atomic E-state index is 0.473. The van der Waals surface area contributed by atoms with Crippen molar-refractivity contribution >= 4 is 126 Å². The van der Waals surface area contributed by atoms with Crippen LogP contribution in [0.3, 0.4) is 0 Å². The van der Waals surface area contributed by atoms with Crippen LogP contribution in [0.1, 0.15) is 77.9 Å². The van der Waals surface area contributed by atoms with Gasteiger partial charge in [0.05, 0.1) is 90.6 Å². The summed E-state index contributed by atoms with van der Waals surface area (Å²) < 4.78 is 20.6. The minimum Gasteiger partial charge on any atom is -0.454 e. The third-order valence-electron chi connectivity index (χ3n) is 32.4. The van der Waals surface area contributed by atoms with Crippen LogP contribution in [0.4, 0.5) is 5.69 Å². The average Bonchev–Trinajstić information content (AvgIpc) is 1.48. The molecule has 0 N–H and O–H groups in total. The predicted molar refractivity (Wildman–Crippen MR) is 584 cm³/mol. The molecule has 3 unspecified atom stereocenters. The Kier molecular flexibility index (Phi) is 16.3. The molecule has 27 aromatic rings. The number of fused-ring (bicyclic) bond motifs is 43. The molecule has 5 aromatic heterocycles. The van der Waals surface area contributed by atoms with Gasteiger partial charge in [-0.1, -0.05) is 346 Å². The molecule has 0 saturated heterocycles. The highest BCUT2D eigenvalue weighted by atomic mass is 16.3. The Morgan fingerprint density at radius 2 is 0.674 bits per heavy atom. The lowest BCUT2D eigenvalue weighted by Gasteiger charge is -2.39. The lowest BCUT2D eigenvalue weighted by Crippen LogP contribution is -2.33. The van der Waals surface area contributed by atoms with Gasteiger partial charge in [0, 0.05) is 37.7 Å². The van der Waals surface area contributed by atoms with Gasteiger partial charge < -0.3 is 18.0 Å². The van der Waals surface area contributed by atoms with Crippen molar-refractivity contribution in [1.29, 1.82) is 10.5 Å². The van der Waals surface area contributed by atoms with E-state index in [2.05, 4.69) is 437 Å². The number of hydrogen-bond donors (Lipinski definition) is 0. The molecule has 662 valence electrons. The zero-order chi connectivity index (χ0) is 94.7. The Hall–Kier alpha value is -19.4. The number of furan rings is 2. The van der Waals surface area contributed by atoms with Crippen LogP contribution in [0.15, 0.2) is 470 Å². The van der Waals surface area contributed by atoms with E-state index < -0.39 is 16.2 Å². The quantitative estimate of drug-likeness (QED) is 0.130. The van der Waals surface area contributed by atoms with E-state index in [-0.39, 0.29) is 0 Å². The Labute approximate surface area is 826 Å². The van der Waals surface area contributed by atoms with Crippen molar-refractivity contribution in [2.75, 3.05) is 0 Å². The van der Waals surface area contributed by atoms with Crippen molar-refractivity contribution in [2.24, 2.45) is 0 Å². The van der Waals surface area contributed by atoms with Crippen molar-refractivity contribution in [2.45, 2.75) is 16.2 Å². The molecule has 3 aliphatic heterocycles. The van der Waals surface area contributed by atoms with E-state index in [1.807, 2.05) is 54.6 Å². The standard InChI is InChI=1S/C52H30N2.C44H24N2O.C40H22N2O/c1-53-40-23-20-35-27-38-26-33(18-19-34(38)28-39(35)29-40)37-21-24-46-43(30-37)41-12-5-6-14-45(41)52(46)47-15-7-8-17-50(47)54-49-25-22-36(32-10-3-2-4-11-32)31-44(49)42-13-9-16-48(52)51(42)54;45-25-27-21-22-29(30-11-2-1-10-28(27)30)26-20-23-32-31-12-3-5-15-35(31)44(38(32)24-26)36-16-6-7-18-39(36)46-42-34(14-9-17-37(42)44)41-33-13-4-8-19-40(33)47-43(41)46;41-23-24-16-18-25(19-17-24)26-20-21-28-27-8-1-3-11-31(27)40(34(28)22-26)32-12-4-5-14-35(32)42-37-30(10-7-13-33(37)40)39-38(42)29-9-2-6-15-36(29)43-39/h2-31H;1-24H;1-22H. The molecule has 144 heavy (non-hydrogen) atoms. The molecule has 22 aromatic carbocycles. The third-order valence-corrected chi connectivity index (χ3v) is 32.4. The van der Waals surface area contributed by atoms with Crippen molar-refractivity contribution in [1.82, 2.24) is 13.7 Å². The van der Waals surface area contributed by atoms with Crippen LogP contribution in [-0.2, 0) is 16.2 Å². The highest BCUT2D eigenvalue weighted by molar-refractivity contribution is 6.23. The first kappa shape index (κ1) is 79.6. The van der Waals surface area contributed by atoms with Crippen LogP contribution in [0.2, 0.25) is 0 Å². The third kappa shape index (κ3) is 10.4.